The van der Waals surface area contributed by atoms with Gasteiger partial charge in [-0.05, 0) is 76.6 Å². The smallest absolute Gasteiger partial charge is 0.222 e. The van der Waals surface area contributed by atoms with Crippen LogP contribution in [0.4, 0.5) is 0 Å². The van der Waals surface area contributed by atoms with Gasteiger partial charge in [-0.3, -0.25) is 4.79 Å². The van der Waals surface area contributed by atoms with Crippen LogP contribution in [0.3, 0.4) is 0 Å². The number of hydrogen-bond acceptors (Lipinski definition) is 3. The molecule has 1 fully saturated rings. The van der Waals surface area contributed by atoms with Crippen molar-refractivity contribution in [3.63, 3.8) is 0 Å². The molecule has 0 aliphatic carbocycles. The molecule has 1 N–H and O–H groups in total. The molecule has 2 aliphatic rings. The summed E-state index contributed by atoms with van der Waals surface area (Å²) in [4.78, 5) is 14.1. The van der Waals surface area contributed by atoms with Crippen LogP contribution in [-0.2, 0) is 4.79 Å². The lowest BCUT2D eigenvalue weighted by molar-refractivity contribution is -0.130. The third-order valence-electron chi connectivity index (χ3n) is 6.38. The summed E-state index contributed by atoms with van der Waals surface area (Å²) in [5.74, 6) is 2.00. The average Bonchev–Trinajstić information content (AvgIpc) is 2.69. The quantitative estimate of drug-likeness (QED) is 0.684. The molecule has 0 saturated carbocycles. The Bertz CT molecular complexity index is 606. The van der Waals surface area contributed by atoms with Gasteiger partial charge in [0, 0.05) is 19.5 Å². The van der Waals surface area contributed by atoms with E-state index in [1.807, 2.05) is 4.90 Å². The summed E-state index contributed by atoms with van der Waals surface area (Å²) in [5, 5.41) is 3.47. The molecule has 150 valence electrons. The van der Waals surface area contributed by atoms with Gasteiger partial charge in [0.1, 0.15) is 11.4 Å². The number of carbonyl (C=O) groups excluding carboxylic acids is 1. The molecule has 1 unspecified atom stereocenters. The van der Waals surface area contributed by atoms with Crippen LogP contribution in [0.5, 0.6) is 5.75 Å². The summed E-state index contributed by atoms with van der Waals surface area (Å²) >= 11 is 0. The van der Waals surface area contributed by atoms with Crippen molar-refractivity contribution >= 4 is 5.91 Å². The first-order chi connectivity index (χ1) is 13.2. The number of nitrogens with one attached hydrogen (secondary N) is 1. The summed E-state index contributed by atoms with van der Waals surface area (Å²) in [6.07, 6.45) is 8.60. The predicted molar refractivity (Wildman–Crippen MR) is 110 cm³/mol. The van der Waals surface area contributed by atoms with Gasteiger partial charge in [0.15, 0.2) is 0 Å². The van der Waals surface area contributed by atoms with Gasteiger partial charge >= 0.3 is 0 Å². The normalized spacial score (nSPS) is 20.7. The Labute approximate surface area is 164 Å². The average molecular weight is 373 g/mol. The second kappa shape index (κ2) is 9.59. The number of ether oxygens (including phenoxy) is 1. The lowest BCUT2D eigenvalue weighted by atomic mass is 9.76. The number of benzene rings is 1. The van der Waals surface area contributed by atoms with Crippen LogP contribution in [0.2, 0.25) is 0 Å². The second-order valence-electron chi connectivity index (χ2n) is 8.14. The standard InChI is InChI=1S/C23H36N2O2/c1-3-25(4-2)22(26)13-7-5-6-10-19-18-23(14-16-24-17-15-23)27-21-12-9-8-11-20(19)21/h8-9,11-12,19,24H,3-7,10,13-18H2,1-2H3. The van der Waals surface area contributed by atoms with Gasteiger partial charge in [0.05, 0.1) is 0 Å². The van der Waals surface area contributed by atoms with E-state index in [1.54, 1.807) is 0 Å². The number of piperidine rings is 1. The van der Waals surface area contributed by atoms with Gasteiger partial charge in [-0.15, -0.1) is 0 Å². The number of rotatable bonds is 8. The van der Waals surface area contributed by atoms with Gasteiger partial charge in [-0.2, -0.15) is 0 Å². The number of amides is 1. The fourth-order valence-corrected chi connectivity index (χ4v) is 4.77. The Morgan fingerprint density at radius 2 is 1.89 bits per heavy atom. The Balaban J connectivity index is 1.52. The molecule has 27 heavy (non-hydrogen) atoms. The highest BCUT2D eigenvalue weighted by atomic mass is 16.5. The summed E-state index contributed by atoms with van der Waals surface area (Å²) < 4.78 is 6.51. The van der Waals surface area contributed by atoms with E-state index < -0.39 is 0 Å². The number of hydrogen-bond donors (Lipinski definition) is 1. The van der Waals surface area contributed by atoms with Gasteiger partial charge in [-0.1, -0.05) is 31.0 Å². The molecule has 0 radical (unpaired) electrons. The molecule has 1 aromatic carbocycles. The number of fused-ring (bicyclic) bond motifs is 1. The molecule has 1 spiro atoms. The van der Waals surface area contributed by atoms with Crippen LogP contribution < -0.4 is 10.1 Å². The zero-order valence-electron chi connectivity index (χ0n) is 17.1. The fourth-order valence-electron chi connectivity index (χ4n) is 4.77. The highest BCUT2D eigenvalue weighted by Gasteiger charge is 2.41. The predicted octanol–water partition coefficient (Wildman–Crippen LogP) is 4.49. The molecular formula is C23H36N2O2. The zero-order chi connectivity index (χ0) is 19.1. The number of nitrogens with zero attached hydrogens (tertiary/aromatic N) is 1. The van der Waals surface area contributed by atoms with E-state index in [0.717, 1.165) is 64.0 Å². The Kier molecular flexibility index (Phi) is 7.17. The molecule has 1 saturated heterocycles. The monoisotopic (exact) mass is 372 g/mol. The van der Waals surface area contributed by atoms with E-state index in [1.165, 1.54) is 18.4 Å². The molecule has 4 nitrogen and oxygen atoms in total. The molecule has 3 rings (SSSR count). The SMILES string of the molecule is CCN(CC)C(=O)CCCCCC1CC2(CCNCC2)Oc2ccccc21. The maximum atomic E-state index is 12.1. The lowest BCUT2D eigenvalue weighted by Crippen LogP contribution is -2.49. The fraction of sp³-hybridized carbons (Fsp3) is 0.696. The van der Waals surface area contributed by atoms with Crippen molar-refractivity contribution in [2.24, 2.45) is 0 Å². The molecule has 0 bridgehead atoms. The van der Waals surface area contributed by atoms with Crippen LogP contribution in [-0.4, -0.2) is 42.6 Å². The van der Waals surface area contributed by atoms with E-state index >= 15 is 0 Å². The van der Waals surface area contributed by atoms with E-state index in [2.05, 4.69) is 43.4 Å². The van der Waals surface area contributed by atoms with Crippen LogP contribution >= 0.6 is 0 Å². The molecule has 2 aliphatic heterocycles. The molecule has 1 aromatic rings. The van der Waals surface area contributed by atoms with E-state index in [9.17, 15) is 4.79 Å². The van der Waals surface area contributed by atoms with E-state index in [0.29, 0.717) is 18.2 Å². The van der Waals surface area contributed by atoms with Gasteiger partial charge in [-0.25, -0.2) is 0 Å². The van der Waals surface area contributed by atoms with Crippen LogP contribution in [0, 0.1) is 0 Å². The van der Waals surface area contributed by atoms with Crippen molar-refractivity contribution in [1.29, 1.82) is 0 Å². The zero-order valence-corrected chi connectivity index (χ0v) is 17.1. The second-order valence-corrected chi connectivity index (χ2v) is 8.14. The summed E-state index contributed by atoms with van der Waals surface area (Å²) in [6.45, 7) is 7.88. The van der Waals surface area contributed by atoms with Gasteiger partial charge in [0.2, 0.25) is 5.91 Å². The van der Waals surface area contributed by atoms with Crippen LogP contribution in [0.25, 0.3) is 0 Å². The van der Waals surface area contributed by atoms with Crippen LogP contribution in [0.1, 0.15) is 76.7 Å². The third kappa shape index (κ3) is 5.04. The lowest BCUT2D eigenvalue weighted by Gasteiger charge is -2.45. The van der Waals surface area contributed by atoms with Crippen molar-refractivity contribution in [2.75, 3.05) is 26.2 Å². The molecule has 4 heteroatoms. The molecule has 0 aromatic heterocycles. The van der Waals surface area contributed by atoms with Crippen molar-refractivity contribution in [1.82, 2.24) is 10.2 Å². The molecule has 2 heterocycles. The topological polar surface area (TPSA) is 41.6 Å². The first-order valence-corrected chi connectivity index (χ1v) is 10.9. The van der Waals surface area contributed by atoms with Crippen molar-refractivity contribution in [3.8, 4) is 5.75 Å². The molecule has 1 atom stereocenters. The molecule has 1 amide bonds. The first-order valence-electron chi connectivity index (χ1n) is 10.9. The highest BCUT2D eigenvalue weighted by Crippen LogP contribution is 2.46. The minimum atomic E-state index is 0.0307. The minimum Gasteiger partial charge on any atom is -0.487 e. The molecular weight excluding hydrogens is 336 g/mol. The number of unbranched alkanes of at least 4 members (excludes halogenated alkanes) is 2. The Morgan fingerprint density at radius 1 is 1.15 bits per heavy atom. The van der Waals surface area contributed by atoms with Crippen molar-refractivity contribution < 1.29 is 9.53 Å². The van der Waals surface area contributed by atoms with Crippen molar-refractivity contribution in [3.05, 3.63) is 29.8 Å². The summed E-state index contributed by atoms with van der Waals surface area (Å²) in [6, 6.07) is 8.62. The van der Waals surface area contributed by atoms with Gasteiger partial charge in [0.25, 0.3) is 0 Å². The Morgan fingerprint density at radius 3 is 2.63 bits per heavy atom. The highest BCUT2D eigenvalue weighted by molar-refractivity contribution is 5.76. The number of para-hydroxylation sites is 1. The number of carbonyl (C=O) groups is 1. The largest absolute Gasteiger partial charge is 0.487 e. The van der Waals surface area contributed by atoms with Crippen molar-refractivity contribution in [2.45, 2.75) is 76.7 Å². The summed E-state index contributed by atoms with van der Waals surface area (Å²) in [7, 11) is 0. The Hall–Kier alpha value is -1.55. The maximum Gasteiger partial charge on any atom is 0.222 e. The minimum absolute atomic E-state index is 0.0307. The van der Waals surface area contributed by atoms with E-state index in [4.69, 9.17) is 4.74 Å². The maximum absolute atomic E-state index is 12.1. The van der Waals surface area contributed by atoms with Crippen LogP contribution in [0.15, 0.2) is 24.3 Å². The summed E-state index contributed by atoms with van der Waals surface area (Å²) in [5.41, 5.74) is 1.42. The first kappa shape index (κ1) is 20.2. The van der Waals surface area contributed by atoms with Gasteiger partial charge < -0.3 is 15.0 Å². The van der Waals surface area contributed by atoms with E-state index in [-0.39, 0.29) is 5.60 Å². The third-order valence-corrected chi connectivity index (χ3v) is 6.38.